The summed E-state index contributed by atoms with van der Waals surface area (Å²) in [6.07, 6.45) is 0. The molecule has 0 aliphatic heterocycles. The maximum absolute atomic E-state index is 12.1. The van der Waals surface area contributed by atoms with Crippen LogP contribution in [0.25, 0.3) is 33.3 Å². The average Bonchev–Trinajstić information content (AvgIpc) is 3.17. The van der Waals surface area contributed by atoms with Gasteiger partial charge in [-0.05, 0) is 25.0 Å². The van der Waals surface area contributed by atoms with Crippen LogP contribution in [-0.4, -0.2) is 20.3 Å². The van der Waals surface area contributed by atoms with Gasteiger partial charge in [0.2, 0.25) is 0 Å². The molecule has 4 rings (SSSR count). The zero-order chi connectivity index (χ0) is 19.0. The molecule has 1 heterocycles. The molecule has 1 aromatic heterocycles. The number of Topliss-reactive ketones (excluding diaryl/α,β-unsaturated/α-hetero) is 2. The molecule has 0 unspecified atom stereocenters. The fourth-order valence-corrected chi connectivity index (χ4v) is 3.92. The third-order valence-electron chi connectivity index (χ3n) is 4.61. The first-order valence-electron chi connectivity index (χ1n) is 8.54. The van der Waals surface area contributed by atoms with Crippen LogP contribution >= 0.6 is 11.7 Å². The largest absolute Gasteiger partial charge is 0.294 e. The first-order chi connectivity index (χ1) is 13.1. The Kier molecular flexibility index (Phi) is 4.38. The lowest BCUT2D eigenvalue weighted by Gasteiger charge is -2.11. The second-order valence-electron chi connectivity index (χ2n) is 6.33. The Bertz CT molecular complexity index is 1100. The summed E-state index contributed by atoms with van der Waals surface area (Å²) in [5.41, 5.74) is 6.21. The van der Waals surface area contributed by atoms with Crippen molar-refractivity contribution in [1.29, 1.82) is 0 Å². The first kappa shape index (κ1) is 17.2. The van der Waals surface area contributed by atoms with Gasteiger partial charge in [0, 0.05) is 22.3 Å². The molecule has 0 fully saturated rings. The molecule has 0 spiro atoms. The summed E-state index contributed by atoms with van der Waals surface area (Å²) in [5, 5.41) is 0. The first-order valence-corrected chi connectivity index (χ1v) is 9.27. The van der Waals surface area contributed by atoms with E-state index < -0.39 is 0 Å². The molecule has 4 nitrogen and oxygen atoms in total. The lowest BCUT2D eigenvalue weighted by atomic mass is 9.92. The number of hydrogen-bond acceptors (Lipinski definition) is 5. The van der Waals surface area contributed by atoms with Crippen LogP contribution in [0.5, 0.6) is 0 Å². The van der Waals surface area contributed by atoms with Crippen LogP contribution in [0.2, 0.25) is 0 Å². The molecule has 0 aliphatic rings. The summed E-state index contributed by atoms with van der Waals surface area (Å²) in [5.74, 6) is 0.0147. The predicted octanol–water partition coefficient (Wildman–Crippen LogP) is 5.43. The van der Waals surface area contributed by atoms with E-state index >= 15 is 0 Å². The molecule has 5 heteroatoms. The molecule has 27 heavy (non-hydrogen) atoms. The summed E-state index contributed by atoms with van der Waals surface area (Å²) in [6, 6.07) is 18.9. The number of rotatable bonds is 4. The van der Waals surface area contributed by atoms with Crippen LogP contribution < -0.4 is 0 Å². The van der Waals surface area contributed by atoms with Gasteiger partial charge in [0.05, 0.1) is 11.7 Å². The van der Waals surface area contributed by atoms with E-state index in [4.69, 9.17) is 0 Å². The quantitative estimate of drug-likeness (QED) is 0.448. The fourth-order valence-electron chi connectivity index (χ4n) is 3.35. The third kappa shape index (κ3) is 2.96. The van der Waals surface area contributed by atoms with Crippen LogP contribution in [0, 0.1) is 0 Å². The number of carbonyl (C=O) groups excluding carboxylic acids is 2. The highest BCUT2D eigenvalue weighted by atomic mass is 32.1. The topological polar surface area (TPSA) is 59.9 Å². The lowest BCUT2D eigenvalue weighted by molar-refractivity contribution is 0.101. The molecule has 4 aromatic rings. The molecule has 0 saturated heterocycles. The van der Waals surface area contributed by atoms with Crippen molar-refractivity contribution in [2.24, 2.45) is 0 Å². The fraction of sp³-hybridized carbons (Fsp3) is 0.0909. The van der Waals surface area contributed by atoms with E-state index in [2.05, 4.69) is 8.75 Å². The van der Waals surface area contributed by atoms with Gasteiger partial charge in [0.1, 0.15) is 11.0 Å². The van der Waals surface area contributed by atoms with Crippen LogP contribution in [0.4, 0.5) is 0 Å². The van der Waals surface area contributed by atoms with E-state index in [9.17, 15) is 9.59 Å². The molecular weight excluding hydrogens is 356 g/mol. The summed E-state index contributed by atoms with van der Waals surface area (Å²) in [4.78, 5) is 24.1. The number of benzene rings is 3. The van der Waals surface area contributed by atoms with Crippen molar-refractivity contribution in [3.8, 4) is 22.3 Å². The highest BCUT2D eigenvalue weighted by Gasteiger charge is 2.18. The number of fused-ring (bicyclic) bond motifs is 1. The Morgan fingerprint density at radius 3 is 1.44 bits per heavy atom. The van der Waals surface area contributed by atoms with E-state index in [-0.39, 0.29) is 11.6 Å². The Morgan fingerprint density at radius 2 is 1.04 bits per heavy atom. The highest BCUT2D eigenvalue weighted by molar-refractivity contribution is 7.00. The SMILES string of the molecule is CC(=O)c1ccccc1-c1ccc(-c2ccccc2C(C)=O)c2nsnc12. The highest BCUT2D eigenvalue weighted by Crippen LogP contribution is 2.37. The average molecular weight is 372 g/mol. The summed E-state index contributed by atoms with van der Waals surface area (Å²) >= 11 is 1.13. The van der Waals surface area contributed by atoms with Crippen LogP contribution in [-0.2, 0) is 0 Å². The van der Waals surface area contributed by atoms with Crippen molar-refractivity contribution >= 4 is 34.3 Å². The Morgan fingerprint density at radius 1 is 0.630 bits per heavy atom. The van der Waals surface area contributed by atoms with Gasteiger partial charge in [-0.2, -0.15) is 8.75 Å². The predicted molar refractivity (Wildman–Crippen MR) is 108 cm³/mol. The number of hydrogen-bond donors (Lipinski definition) is 0. The van der Waals surface area contributed by atoms with Crippen molar-refractivity contribution in [2.75, 3.05) is 0 Å². The summed E-state index contributed by atoms with van der Waals surface area (Å²) < 4.78 is 8.98. The third-order valence-corrected chi connectivity index (χ3v) is 5.14. The molecule has 0 atom stereocenters. The molecular formula is C22H16N2O2S. The molecule has 0 aliphatic carbocycles. The van der Waals surface area contributed by atoms with Crippen molar-refractivity contribution in [3.63, 3.8) is 0 Å². The maximum atomic E-state index is 12.1. The minimum atomic E-state index is 0.00735. The van der Waals surface area contributed by atoms with Gasteiger partial charge >= 0.3 is 0 Å². The van der Waals surface area contributed by atoms with E-state index in [0.29, 0.717) is 11.1 Å². The second kappa shape index (κ2) is 6.85. The minimum absolute atomic E-state index is 0.00735. The van der Waals surface area contributed by atoms with Crippen molar-refractivity contribution in [2.45, 2.75) is 13.8 Å². The van der Waals surface area contributed by atoms with Crippen LogP contribution in [0.15, 0.2) is 60.7 Å². The molecule has 132 valence electrons. The summed E-state index contributed by atoms with van der Waals surface area (Å²) in [6.45, 7) is 3.12. The van der Waals surface area contributed by atoms with Crippen molar-refractivity contribution < 1.29 is 9.59 Å². The van der Waals surface area contributed by atoms with Gasteiger partial charge in [-0.1, -0.05) is 60.7 Å². The number of aromatic nitrogens is 2. The standard InChI is InChI=1S/C22H16N2O2S/c1-13(25)15-7-3-5-9-17(15)19-11-12-20(22-21(19)23-27-24-22)18-10-6-4-8-16(18)14(2)26/h3-12H,1-2H3. The molecule has 0 amide bonds. The monoisotopic (exact) mass is 372 g/mol. The molecule has 0 bridgehead atoms. The Labute approximate surface area is 160 Å². The number of carbonyl (C=O) groups is 2. The zero-order valence-electron chi connectivity index (χ0n) is 14.9. The zero-order valence-corrected chi connectivity index (χ0v) is 15.7. The van der Waals surface area contributed by atoms with Gasteiger partial charge in [0.25, 0.3) is 0 Å². The molecule has 0 saturated carbocycles. The molecule has 0 N–H and O–H groups in total. The van der Waals surface area contributed by atoms with Crippen molar-refractivity contribution in [3.05, 3.63) is 71.8 Å². The Balaban J connectivity index is 1.99. The van der Waals surface area contributed by atoms with E-state index in [0.717, 1.165) is 45.0 Å². The number of nitrogens with zero attached hydrogens (tertiary/aromatic N) is 2. The molecule has 0 radical (unpaired) electrons. The Hall–Kier alpha value is -3.18. The van der Waals surface area contributed by atoms with Crippen LogP contribution in [0.3, 0.4) is 0 Å². The van der Waals surface area contributed by atoms with Crippen molar-refractivity contribution in [1.82, 2.24) is 8.75 Å². The lowest BCUT2D eigenvalue weighted by Crippen LogP contribution is -1.98. The molecule has 3 aromatic carbocycles. The van der Waals surface area contributed by atoms with E-state index in [1.54, 1.807) is 13.8 Å². The van der Waals surface area contributed by atoms with Gasteiger partial charge in [-0.3, -0.25) is 9.59 Å². The number of ketones is 2. The van der Waals surface area contributed by atoms with Gasteiger partial charge in [-0.25, -0.2) is 0 Å². The second-order valence-corrected chi connectivity index (χ2v) is 6.85. The van der Waals surface area contributed by atoms with Crippen LogP contribution in [0.1, 0.15) is 34.6 Å². The minimum Gasteiger partial charge on any atom is -0.294 e. The van der Waals surface area contributed by atoms with E-state index in [1.165, 1.54) is 0 Å². The van der Waals surface area contributed by atoms with Gasteiger partial charge < -0.3 is 0 Å². The maximum Gasteiger partial charge on any atom is 0.160 e. The normalized spacial score (nSPS) is 10.9. The van der Waals surface area contributed by atoms with E-state index in [1.807, 2.05) is 60.7 Å². The van der Waals surface area contributed by atoms with Gasteiger partial charge in [-0.15, -0.1) is 0 Å². The summed E-state index contributed by atoms with van der Waals surface area (Å²) in [7, 11) is 0. The van der Waals surface area contributed by atoms with Gasteiger partial charge in [0.15, 0.2) is 11.6 Å². The smallest absolute Gasteiger partial charge is 0.160 e.